The van der Waals surface area contributed by atoms with Crippen LogP contribution in [0.2, 0.25) is 0 Å². The molecule has 0 saturated carbocycles. The van der Waals surface area contributed by atoms with E-state index in [0.29, 0.717) is 12.6 Å². The molecule has 2 rings (SSSR count). The Labute approximate surface area is 128 Å². The lowest BCUT2D eigenvalue weighted by Crippen LogP contribution is -2.40. The van der Waals surface area contributed by atoms with Crippen molar-refractivity contribution in [2.24, 2.45) is 5.73 Å². The monoisotopic (exact) mass is 291 g/mol. The van der Waals surface area contributed by atoms with E-state index in [1.807, 2.05) is 0 Å². The molecule has 4 heteroatoms. The van der Waals surface area contributed by atoms with E-state index in [0.717, 1.165) is 56.9 Å². The summed E-state index contributed by atoms with van der Waals surface area (Å²) in [6, 6.07) is 4.28. The lowest BCUT2D eigenvalue weighted by atomic mass is 10.1. The van der Waals surface area contributed by atoms with Gasteiger partial charge in [0.1, 0.15) is 5.82 Å². The highest BCUT2D eigenvalue weighted by Gasteiger charge is 2.21. The predicted octanol–water partition coefficient (Wildman–Crippen LogP) is 2.89. The molecule has 2 heterocycles. The van der Waals surface area contributed by atoms with E-state index >= 15 is 0 Å². The molecular weight excluding hydrogens is 262 g/mol. The van der Waals surface area contributed by atoms with E-state index in [9.17, 15) is 0 Å². The zero-order valence-electron chi connectivity index (χ0n) is 13.5. The molecular formula is C17H29N3O. The third kappa shape index (κ3) is 4.68. The minimum absolute atomic E-state index is 0.344. The highest BCUT2D eigenvalue weighted by molar-refractivity contribution is 5.43. The fourth-order valence-corrected chi connectivity index (χ4v) is 2.86. The fraction of sp³-hybridized carbons (Fsp3) is 0.706. The lowest BCUT2D eigenvalue weighted by Gasteiger charge is -2.34. The number of aryl methyl sites for hydroxylation is 1. The average Bonchev–Trinajstić information content (AvgIpc) is 2.53. The van der Waals surface area contributed by atoms with Crippen molar-refractivity contribution in [3.63, 3.8) is 0 Å². The molecule has 0 aliphatic carbocycles. The summed E-state index contributed by atoms with van der Waals surface area (Å²) < 4.78 is 5.92. The number of ether oxygens (including phenoxy) is 1. The SMILES string of the molecule is CCCOC1CCCN(c2cc(CN)cc(CCC)n2)C1. The first-order chi connectivity index (χ1) is 10.3. The minimum atomic E-state index is 0.344. The van der Waals surface area contributed by atoms with E-state index in [2.05, 4.69) is 30.9 Å². The van der Waals surface area contributed by atoms with Crippen molar-refractivity contribution in [3.05, 3.63) is 23.4 Å². The van der Waals surface area contributed by atoms with Crippen molar-refractivity contribution in [2.75, 3.05) is 24.6 Å². The summed E-state index contributed by atoms with van der Waals surface area (Å²) in [5.74, 6) is 1.08. The van der Waals surface area contributed by atoms with E-state index < -0.39 is 0 Å². The zero-order chi connectivity index (χ0) is 15.1. The van der Waals surface area contributed by atoms with Crippen LogP contribution < -0.4 is 10.6 Å². The molecule has 1 aromatic heterocycles. The molecule has 21 heavy (non-hydrogen) atoms. The second-order valence-corrected chi connectivity index (χ2v) is 5.86. The van der Waals surface area contributed by atoms with Crippen molar-refractivity contribution in [2.45, 2.75) is 58.6 Å². The number of piperidine rings is 1. The van der Waals surface area contributed by atoms with Crippen molar-refractivity contribution in [3.8, 4) is 0 Å². The van der Waals surface area contributed by atoms with Gasteiger partial charge in [0.2, 0.25) is 0 Å². The van der Waals surface area contributed by atoms with Crippen LogP contribution in [0.1, 0.15) is 50.8 Å². The van der Waals surface area contributed by atoms with E-state index in [4.69, 9.17) is 15.5 Å². The molecule has 1 aliphatic heterocycles. The van der Waals surface area contributed by atoms with Crippen molar-refractivity contribution in [1.82, 2.24) is 4.98 Å². The first-order valence-electron chi connectivity index (χ1n) is 8.33. The van der Waals surface area contributed by atoms with Crippen LogP contribution in [0.15, 0.2) is 12.1 Å². The Hall–Kier alpha value is -1.13. The summed E-state index contributed by atoms with van der Waals surface area (Å²) in [7, 11) is 0. The van der Waals surface area contributed by atoms with Gasteiger partial charge in [-0.3, -0.25) is 0 Å². The van der Waals surface area contributed by atoms with Crippen LogP contribution in [0.25, 0.3) is 0 Å². The van der Waals surface area contributed by atoms with Crippen LogP contribution in [-0.4, -0.2) is 30.8 Å². The van der Waals surface area contributed by atoms with Gasteiger partial charge in [0.25, 0.3) is 0 Å². The first kappa shape index (κ1) is 16.2. The van der Waals surface area contributed by atoms with Crippen LogP contribution in [0.4, 0.5) is 5.82 Å². The van der Waals surface area contributed by atoms with Crippen molar-refractivity contribution >= 4 is 5.82 Å². The Kier molecular flexibility index (Phi) is 6.46. The van der Waals surface area contributed by atoms with E-state index in [1.54, 1.807) is 0 Å². The largest absolute Gasteiger partial charge is 0.376 e. The molecule has 118 valence electrons. The molecule has 0 bridgehead atoms. The second kappa shape index (κ2) is 8.35. The van der Waals surface area contributed by atoms with Crippen LogP contribution in [0.5, 0.6) is 0 Å². The smallest absolute Gasteiger partial charge is 0.129 e. The minimum Gasteiger partial charge on any atom is -0.376 e. The first-order valence-corrected chi connectivity index (χ1v) is 8.33. The summed E-state index contributed by atoms with van der Waals surface area (Å²) in [5, 5.41) is 0. The van der Waals surface area contributed by atoms with Crippen LogP contribution in [0.3, 0.4) is 0 Å². The molecule has 0 radical (unpaired) electrons. The number of nitrogens with zero attached hydrogens (tertiary/aromatic N) is 2. The Bertz CT molecular complexity index is 436. The molecule has 1 aromatic rings. The molecule has 1 aliphatic rings. The quantitative estimate of drug-likeness (QED) is 0.839. The molecule has 4 nitrogen and oxygen atoms in total. The maximum absolute atomic E-state index is 5.92. The molecule has 1 fully saturated rings. The zero-order valence-corrected chi connectivity index (χ0v) is 13.5. The Morgan fingerprint density at radius 2 is 2.19 bits per heavy atom. The van der Waals surface area contributed by atoms with Gasteiger partial charge in [0, 0.05) is 31.9 Å². The standard InChI is InChI=1S/C17H29N3O/c1-3-6-15-10-14(12-18)11-17(19-15)20-8-5-7-16(13-20)21-9-4-2/h10-11,16H,3-9,12-13,18H2,1-2H3. The number of nitrogens with two attached hydrogens (primary N) is 1. The third-order valence-corrected chi connectivity index (χ3v) is 3.93. The van der Waals surface area contributed by atoms with Gasteiger partial charge in [-0.05, 0) is 43.4 Å². The summed E-state index contributed by atoms with van der Waals surface area (Å²) in [6.45, 7) is 7.80. The topological polar surface area (TPSA) is 51.4 Å². The molecule has 2 N–H and O–H groups in total. The van der Waals surface area contributed by atoms with Gasteiger partial charge < -0.3 is 15.4 Å². The number of rotatable bonds is 7. The van der Waals surface area contributed by atoms with E-state index in [1.165, 1.54) is 12.0 Å². The number of anilines is 1. The molecule has 0 aromatic carbocycles. The molecule has 0 spiro atoms. The molecule has 1 atom stereocenters. The van der Waals surface area contributed by atoms with E-state index in [-0.39, 0.29) is 0 Å². The van der Waals surface area contributed by atoms with Crippen LogP contribution in [-0.2, 0) is 17.7 Å². The van der Waals surface area contributed by atoms with Crippen molar-refractivity contribution < 1.29 is 4.74 Å². The van der Waals surface area contributed by atoms with Gasteiger partial charge in [0.05, 0.1) is 6.10 Å². The summed E-state index contributed by atoms with van der Waals surface area (Å²) in [4.78, 5) is 7.19. The average molecular weight is 291 g/mol. The van der Waals surface area contributed by atoms with Gasteiger partial charge in [-0.25, -0.2) is 4.98 Å². The van der Waals surface area contributed by atoms with Crippen LogP contribution in [0, 0.1) is 0 Å². The number of hydrogen-bond acceptors (Lipinski definition) is 4. The Morgan fingerprint density at radius 1 is 1.33 bits per heavy atom. The molecule has 0 amide bonds. The summed E-state index contributed by atoms with van der Waals surface area (Å²) in [6.07, 6.45) is 5.89. The Balaban J connectivity index is 2.10. The van der Waals surface area contributed by atoms with Gasteiger partial charge in [-0.1, -0.05) is 20.3 Å². The molecule has 1 saturated heterocycles. The maximum atomic E-state index is 5.92. The Morgan fingerprint density at radius 3 is 2.90 bits per heavy atom. The number of hydrogen-bond donors (Lipinski definition) is 1. The van der Waals surface area contributed by atoms with Gasteiger partial charge in [-0.15, -0.1) is 0 Å². The highest BCUT2D eigenvalue weighted by atomic mass is 16.5. The fourth-order valence-electron chi connectivity index (χ4n) is 2.86. The van der Waals surface area contributed by atoms with Crippen molar-refractivity contribution in [1.29, 1.82) is 0 Å². The summed E-state index contributed by atoms with van der Waals surface area (Å²) >= 11 is 0. The third-order valence-electron chi connectivity index (χ3n) is 3.93. The lowest BCUT2D eigenvalue weighted by molar-refractivity contribution is 0.0439. The highest BCUT2D eigenvalue weighted by Crippen LogP contribution is 2.22. The van der Waals surface area contributed by atoms with Gasteiger partial charge in [0.15, 0.2) is 0 Å². The summed E-state index contributed by atoms with van der Waals surface area (Å²) in [5.41, 5.74) is 8.18. The molecule has 1 unspecified atom stereocenters. The number of pyridine rings is 1. The normalized spacial score (nSPS) is 19.0. The number of aromatic nitrogens is 1. The second-order valence-electron chi connectivity index (χ2n) is 5.86. The maximum Gasteiger partial charge on any atom is 0.129 e. The van der Waals surface area contributed by atoms with Gasteiger partial charge in [-0.2, -0.15) is 0 Å². The predicted molar refractivity (Wildman–Crippen MR) is 87.6 cm³/mol. The van der Waals surface area contributed by atoms with Gasteiger partial charge >= 0.3 is 0 Å². The van der Waals surface area contributed by atoms with Crippen LogP contribution >= 0.6 is 0 Å².